The SMILES string of the molecule is Nc1c(C(=O)NN2CCOCC2)sc2nnccc12. The van der Waals surface area contributed by atoms with Crippen LogP contribution in [-0.2, 0) is 4.74 Å². The van der Waals surface area contributed by atoms with Crippen LogP contribution in [0.25, 0.3) is 10.2 Å². The second-order valence-corrected chi connectivity index (χ2v) is 5.13. The van der Waals surface area contributed by atoms with Crippen LogP contribution in [0.4, 0.5) is 5.69 Å². The molecule has 0 unspecified atom stereocenters. The lowest BCUT2D eigenvalue weighted by molar-refractivity contribution is 0.0128. The number of carbonyl (C=O) groups is 1. The van der Waals surface area contributed by atoms with Gasteiger partial charge in [0.2, 0.25) is 0 Å². The van der Waals surface area contributed by atoms with E-state index in [9.17, 15) is 4.79 Å². The molecule has 1 amide bonds. The third kappa shape index (κ3) is 2.37. The van der Waals surface area contributed by atoms with Crippen LogP contribution in [0.1, 0.15) is 9.67 Å². The Bertz CT molecular complexity index is 608. The van der Waals surface area contributed by atoms with Crippen molar-refractivity contribution in [2.75, 3.05) is 32.0 Å². The van der Waals surface area contributed by atoms with E-state index in [0.29, 0.717) is 41.7 Å². The number of hydrogen-bond donors (Lipinski definition) is 2. The van der Waals surface area contributed by atoms with E-state index in [1.807, 2.05) is 5.01 Å². The van der Waals surface area contributed by atoms with Crippen molar-refractivity contribution in [2.45, 2.75) is 0 Å². The van der Waals surface area contributed by atoms with Crippen LogP contribution in [-0.4, -0.2) is 47.4 Å². The van der Waals surface area contributed by atoms with Crippen molar-refractivity contribution < 1.29 is 9.53 Å². The number of rotatable bonds is 2. The monoisotopic (exact) mass is 279 g/mol. The predicted molar refractivity (Wildman–Crippen MR) is 71.7 cm³/mol. The summed E-state index contributed by atoms with van der Waals surface area (Å²) in [5.74, 6) is -0.206. The Kier molecular flexibility index (Phi) is 3.28. The van der Waals surface area contributed by atoms with E-state index in [-0.39, 0.29) is 5.91 Å². The minimum absolute atomic E-state index is 0.206. The Balaban J connectivity index is 1.83. The summed E-state index contributed by atoms with van der Waals surface area (Å²) in [6.45, 7) is 2.59. The van der Waals surface area contributed by atoms with Crippen molar-refractivity contribution >= 4 is 33.1 Å². The van der Waals surface area contributed by atoms with Gasteiger partial charge in [-0.25, -0.2) is 5.01 Å². The minimum atomic E-state index is -0.206. The molecule has 0 atom stereocenters. The van der Waals surface area contributed by atoms with E-state index < -0.39 is 0 Å². The van der Waals surface area contributed by atoms with Gasteiger partial charge in [-0.05, 0) is 6.07 Å². The van der Waals surface area contributed by atoms with Gasteiger partial charge in [0.15, 0.2) is 0 Å². The summed E-state index contributed by atoms with van der Waals surface area (Å²) in [4.78, 5) is 13.3. The van der Waals surface area contributed by atoms with Crippen molar-refractivity contribution in [3.8, 4) is 0 Å². The van der Waals surface area contributed by atoms with E-state index in [1.165, 1.54) is 11.3 Å². The summed E-state index contributed by atoms with van der Waals surface area (Å²) in [5.41, 5.74) is 9.28. The lowest BCUT2D eigenvalue weighted by Gasteiger charge is -2.26. The van der Waals surface area contributed by atoms with Gasteiger partial charge in [0.1, 0.15) is 9.71 Å². The lowest BCUT2D eigenvalue weighted by Crippen LogP contribution is -2.48. The molecule has 100 valence electrons. The molecule has 1 saturated heterocycles. The highest BCUT2D eigenvalue weighted by atomic mass is 32.1. The molecule has 0 aromatic carbocycles. The van der Waals surface area contributed by atoms with E-state index in [1.54, 1.807) is 12.3 Å². The molecule has 2 aromatic rings. The van der Waals surface area contributed by atoms with Gasteiger partial charge in [-0.2, -0.15) is 5.10 Å². The lowest BCUT2D eigenvalue weighted by atomic mass is 10.3. The maximum Gasteiger partial charge on any atom is 0.277 e. The van der Waals surface area contributed by atoms with Crippen LogP contribution in [0.15, 0.2) is 12.3 Å². The fourth-order valence-corrected chi connectivity index (χ4v) is 2.84. The molecular weight excluding hydrogens is 266 g/mol. The highest BCUT2D eigenvalue weighted by Gasteiger charge is 2.20. The zero-order valence-electron chi connectivity index (χ0n) is 10.1. The molecule has 0 spiro atoms. The highest BCUT2D eigenvalue weighted by Crippen LogP contribution is 2.31. The minimum Gasteiger partial charge on any atom is -0.397 e. The summed E-state index contributed by atoms with van der Waals surface area (Å²) < 4.78 is 5.23. The Morgan fingerprint density at radius 2 is 2.26 bits per heavy atom. The molecule has 0 saturated carbocycles. The Morgan fingerprint density at radius 1 is 1.47 bits per heavy atom. The van der Waals surface area contributed by atoms with E-state index in [0.717, 1.165) is 5.39 Å². The number of nitrogen functional groups attached to an aromatic ring is 1. The Hall–Kier alpha value is -1.77. The van der Waals surface area contributed by atoms with Gasteiger partial charge in [-0.3, -0.25) is 10.2 Å². The first-order valence-electron chi connectivity index (χ1n) is 5.89. The molecule has 1 aliphatic rings. The van der Waals surface area contributed by atoms with Crippen LogP contribution >= 0.6 is 11.3 Å². The standard InChI is InChI=1S/C11H13N5O2S/c12-8-7-1-2-13-14-11(7)19-9(8)10(17)15-16-3-5-18-6-4-16/h1-2H,3-6,12H2,(H,15,17). The van der Waals surface area contributed by atoms with Gasteiger partial charge in [0.25, 0.3) is 5.91 Å². The third-order valence-corrected chi connectivity index (χ3v) is 4.00. The number of fused-ring (bicyclic) bond motifs is 1. The molecule has 0 radical (unpaired) electrons. The summed E-state index contributed by atoms with van der Waals surface area (Å²) in [5, 5.41) is 10.4. The molecule has 0 bridgehead atoms. The number of hydrazine groups is 1. The summed E-state index contributed by atoms with van der Waals surface area (Å²) >= 11 is 1.25. The molecule has 3 rings (SSSR count). The van der Waals surface area contributed by atoms with Crippen molar-refractivity contribution in [1.82, 2.24) is 20.6 Å². The van der Waals surface area contributed by atoms with Gasteiger partial charge in [0, 0.05) is 18.5 Å². The normalized spacial score (nSPS) is 16.6. The van der Waals surface area contributed by atoms with Crippen LogP contribution in [0.5, 0.6) is 0 Å². The van der Waals surface area contributed by atoms with Gasteiger partial charge >= 0.3 is 0 Å². The first-order valence-corrected chi connectivity index (χ1v) is 6.70. The number of aromatic nitrogens is 2. The number of hydrogen-bond acceptors (Lipinski definition) is 7. The number of morpholine rings is 1. The topological polar surface area (TPSA) is 93.4 Å². The number of anilines is 1. The quantitative estimate of drug-likeness (QED) is 0.818. The van der Waals surface area contributed by atoms with Crippen LogP contribution in [0.2, 0.25) is 0 Å². The third-order valence-electron chi connectivity index (χ3n) is 2.90. The van der Waals surface area contributed by atoms with E-state index >= 15 is 0 Å². The number of amides is 1. The molecule has 0 aliphatic carbocycles. The van der Waals surface area contributed by atoms with Gasteiger partial charge in [0.05, 0.1) is 25.1 Å². The second-order valence-electron chi connectivity index (χ2n) is 4.14. The van der Waals surface area contributed by atoms with Crippen molar-refractivity contribution in [3.05, 3.63) is 17.1 Å². The predicted octanol–water partition coefficient (Wildman–Crippen LogP) is 0.250. The number of carbonyl (C=O) groups excluding carboxylic acids is 1. The zero-order chi connectivity index (χ0) is 13.2. The number of ether oxygens (including phenoxy) is 1. The molecule has 8 heteroatoms. The number of nitrogens with one attached hydrogen (secondary N) is 1. The Morgan fingerprint density at radius 3 is 3.00 bits per heavy atom. The molecule has 7 nitrogen and oxygen atoms in total. The molecular formula is C11H13N5O2S. The number of nitrogens with zero attached hydrogens (tertiary/aromatic N) is 3. The van der Waals surface area contributed by atoms with Gasteiger partial charge < -0.3 is 10.5 Å². The molecule has 3 heterocycles. The van der Waals surface area contributed by atoms with Gasteiger partial charge in [-0.15, -0.1) is 16.4 Å². The maximum atomic E-state index is 12.2. The maximum absolute atomic E-state index is 12.2. The average molecular weight is 279 g/mol. The van der Waals surface area contributed by atoms with Crippen LogP contribution < -0.4 is 11.2 Å². The van der Waals surface area contributed by atoms with Crippen molar-refractivity contribution in [1.29, 1.82) is 0 Å². The second kappa shape index (κ2) is 5.08. The van der Waals surface area contributed by atoms with Crippen LogP contribution in [0, 0.1) is 0 Å². The first-order chi connectivity index (χ1) is 9.25. The number of thiophene rings is 1. The van der Waals surface area contributed by atoms with Crippen molar-refractivity contribution in [2.24, 2.45) is 0 Å². The summed E-state index contributed by atoms with van der Waals surface area (Å²) in [6, 6.07) is 1.76. The van der Waals surface area contributed by atoms with E-state index in [4.69, 9.17) is 10.5 Å². The fourth-order valence-electron chi connectivity index (χ4n) is 1.91. The molecule has 1 aliphatic heterocycles. The first kappa shape index (κ1) is 12.3. The fraction of sp³-hybridized carbons (Fsp3) is 0.364. The Labute approximate surface area is 113 Å². The van der Waals surface area contributed by atoms with Crippen molar-refractivity contribution in [3.63, 3.8) is 0 Å². The summed E-state index contributed by atoms with van der Waals surface area (Å²) in [7, 11) is 0. The molecule has 2 aromatic heterocycles. The largest absolute Gasteiger partial charge is 0.397 e. The van der Waals surface area contributed by atoms with Gasteiger partial charge in [-0.1, -0.05) is 0 Å². The molecule has 1 fully saturated rings. The smallest absolute Gasteiger partial charge is 0.277 e. The van der Waals surface area contributed by atoms with Crippen LogP contribution in [0.3, 0.4) is 0 Å². The average Bonchev–Trinajstić information content (AvgIpc) is 2.78. The molecule has 3 N–H and O–H groups in total. The highest BCUT2D eigenvalue weighted by molar-refractivity contribution is 7.21. The van der Waals surface area contributed by atoms with E-state index in [2.05, 4.69) is 15.6 Å². The molecule has 19 heavy (non-hydrogen) atoms. The zero-order valence-corrected chi connectivity index (χ0v) is 10.9. The summed E-state index contributed by atoms with van der Waals surface area (Å²) in [6.07, 6.45) is 1.56. The number of nitrogens with two attached hydrogens (primary N) is 1.